The van der Waals surface area contributed by atoms with Crippen molar-refractivity contribution in [1.82, 2.24) is 9.62 Å². The van der Waals surface area contributed by atoms with Gasteiger partial charge in [0.1, 0.15) is 0 Å². The first-order valence-corrected chi connectivity index (χ1v) is 4.58. The molecule has 0 saturated heterocycles. The zero-order valence-corrected chi connectivity index (χ0v) is 7.90. The van der Waals surface area contributed by atoms with E-state index in [1.54, 1.807) is 11.9 Å². The van der Waals surface area contributed by atoms with E-state index in [4.69, 9.17) is 0 Å². The molecule has 0 radical (unpaired) electrons. The van der Waals surface area contributed by atoms with Gasteiger partial charge in [0.25, 0.3) is 0 Å². The largest absolute Gasteiger partial charge is 0.377 e. The van der Waals surface area contributed by atoms with Gasteiger partial charge in [-0.15, -0.1) is 0 Å². The van der Waals surface area contributed by atoms with Crippen LogP contribution in [0.2, 0.25) is 0 Å². The number of hydrogen-bond donors (Lipinski definition) is 1. The minimum Gasteiger partial charge on any atom is -0.377 e. The van der Waals surface area contributed by atoms with Crippen LogP contribution in [0.3, 0.4) is 0 Å². The highest BCUT2D eigenvalue weighted by molar-refractivity contribution is 7.96. The van der Waals surface area contributed by atoms with Crippen molar-refractivity contribution in [3.05, 3.63) is 12.4 Å². The molecule has 0 aromatic carbocycles. The number of nitrogens with zero attached hydrogens (tertiary/aromatic N) is 1. The van der Waals surface area contributed by atoms with Crippen LogP contribution >= 0.6 is 11.9 Å². The van der Waals surface area contributed by atoms with Crippen molar-refractivity contribution in [2.24, 2.45) is 0 Å². The Morgan fingerprint density at radius 2 is 2.10 bits per heavy atom. The summed E-state index contributed by atoms with van der Waals surface area (Å²) >= 11 is 1.59. The molecular weight excluding hydrogens is 144 g/mol. The highest BCUT2D eigenvalue weighted by Crippen LogP contribution is 1.93. The van der Waals surface area contributed by atoms with E-state index in [0.717, 1.165) is 0 Å². The molecule has 3 heteroatoms. The number of hydrogen-bond acceptors (Lipinski definition) is 3. The molecule has 0 aliphatic carbocycles. The third-order valence-corrected chi connectivity index (χ3v) is 1.68. The molecule has 0 unspecified atom stereocenters. The third-order valence-electron chi connectivity index (χ3n) is 1.31. The van der Waals surface area contributed by atoms with Crippen LogP contribution in [0.25, 0.3) is 0 Å². The van der Waals surface area contributed by atoms with E-state index in [-0.39, 0.29) is 0 Å². The molecule has 0 amide bonds. The van der Waals surface area contributed by atoms with Gasteiger partial charge in [-0.2, -0.15) is 0 Å². The Morgan fingerprint density at radius 3 is 2.50 bits per heavy atom. The summed E-state index contributed by atoms with van der Waals surface area (Å²) in [5.41, 5.74) is 0. The summed E-state index contributed by atoms with van der Waals surface area (Å²) in [6.07, 6.45) is 5.96. The Bertz CT molecular complexity index is 102. The van der Waals surface area contributed by atoms with Gasteiger partial charge < -0.3 is 9.62 Å². The topological polar surface area (TPSA) is 15.3 Å². The molecule has 60 valence electrons. The van der Waals surface area contributed by atoms with Crippen LogP contribution < -0.4 is 4.72 Å². The lowest BCUT2D eigenvalue weighted by Crippen LogP contribution is -2.20. The van der Waals surface area contributed by atoms with Crippen LogP contribution in [0.1, 0.15) is 13.8 Å². The van der Waals surface area contributed by atoms with E-state index in [0.29, 0.717) is 6.04 Å². The first-order chi connectivity index (χ1) is 4.68. The standard InChI is InChI=1S/C7H16N2S/c1-7(2)9(3)6-5-8-10-4/h5-8H,1-4H3/b6-5-. The lowest BCUT2D eigenvalue weighted by Gasteiger charge is -2.17. The van der Waals surface area contributed by atoms with Gasteiger partial charge in [-0.3, -0.25) is 0 Å². The molecule has 0 aromatic rings. The first kappa shape index (κ1) is 9.69. The second kappa shape index (κ2) is 5.47. The minimum atomic E-state index is 0.569. The number of rotatable bonds is 4. The van der Waals surface area contributed by atoms with Crippen molar-refractivity contribution in [3.63, 3.8) is 0 Å². The summed E-state index contributed by atoms with van der Waals surface area (Å²) in [6.45, 7) is 4.31. The third kappa shape index (κ3) is 4.56. The molecule has 0 spiro atoms. The van der Waals surface area contributed by atoms with Gasteiger partial charge in [0.15, 0.2) is 0 Å². The Kier molecular flexibility index (Phi) is 5.30. The lowest BCUT2D eigenvalue weighted by atomic mass is 10.4. The Morgan fingerprint density at radius 1 is 1.50 bits per heavy atom. The Hall–Kier alpha value is -0.310. The van der Waals surface area contributed by atoms with Gasteiger partial charge in [0.2, 0.25) is 0 Å². The first-order valence-electron chi connectivity index (χ1n) is 3.35. The van der Waals surface area contributed by atoms with Crippen molar-refractivity contribution in [2.75, 3.05) is 13.3 Å². The van der Waals surface area contributed by atoms with Crippen molar-refractivity contribution >= 4 is 11.9 Å². The summed E-state index contributed by atoms with van der Waals surface area (Å²) in [5.74, 6) is 0. The van der Waals surface area contributed by atoms with Gasteiger partial charge in [-0.25, -0.2) is 0 Å². The average Bonchev–Trinajstić information content (AvgIpc) is 1.88. The molecule has 0 rings (SSSR count). The van der Waals surface area contributed by atoms with Crippen LogP contribution in [-0.2, 0) is 0 Å². The van der Waals surface area contributed by atoms with Crippen LogP contribution in [0.4, 0.5) is 0 Å². The van der Waals surface area contributed by atoms with Gasteiger partial charge >= 0.3 is 0 Å². The van der Waals surface area contributed by atoms with E-state index < -0.39 is 0 Å². The zero-order valence-electron chi connectivity index (χ0n) is 7.09. The Balaban J connectivity index is 3.45. The molecular formula is C7H16N2S. The summed E-state index contributed by atoms with van der Waals surface area (Å²) < 4.78 is 3.03. The normalized spacial score (nSPS) is 10.9. The monoisotopic (exact) mass is 160 g/mol. The molecule has 0 aliphatic rings. The molecule has 0 atom stereocenters. The van der Waals surface area contributed by atoms with Crippen LogP contribution in [-0.4, -0.2) is 24.2 Å². The molecule has 2 nitrogen and oxygen atoms in total. The molecule has 0 heterocycles. The van der Waals surface area contributed by atoms with Crippen molar-refractivity contribution in [1.29, 1.82) is 0 Å². The summed E-state index contributed by atoms with van der Waals surface area (Å²) in [6, 6.07) is 0.569. The van der Waals surface area contributed by atoms with E-state index in [1.807, 2.05) is 18.7 Å². The van der Waals surface area contributed by atoms with Gasteiger partial charge in [-0.1, -0.05) is 11.9 Å². The maximum absolute atomic E-state index is 3.03. The SMILES string of the molecule is CSN/C=C\N(C)C(C)C. The Labute approximate surface area is 67.8 Å². The molecule has 0 aromatic heterocycles. The van der Waals surface area contributed by atoms with Gasteiger partial charge in [0, 0.05) is 31.7 Å². The summed E-state index contributed by atoms with van der Waals surface area (Å²) in [5, 5.41) is 0. The van der Waals surface area contributed by atoms with E-state index in [2.05, 4.69) is 30.5 Å². The maximum Gasteiger partial charge on any atom is 0.0231 e. The summed E-state index contributed by atoms with van der Waals surface area (Å²) in [7, 11) is 2.06. The number of nitrogens with one attached hydrogen (secondary N) is 1. The van der Waals surface area contributed by atoms with E-state index >= 15 is 0 Å². The quantitative estimate of drug-likeness (QED) is 0.630. The van der Waals surface area contributed by atoms with Crippen molar-refractivity contribution < 1.29 is 0 Å². The summed E-state index contributed by atoms with van der Waals surface area (Å²) in [4.78, 5) is 2.14. The van der Waals surface area contributed by atoms with Gasteiger partial charge in [-0.05, 0) is 13.8 Å². The second-order valence-corrected chi connectivity index (χ2v) is 3.04. The molecule has 0 aliphatic heterocycles. The maximum atomic E-state index is 3.03. The predicted octanol–water partition coefficient (Wildman–Crippen LogP) is 1.67. The highest BCUT2D eigenvalue weighted by Gasteiger charge is 1.93. The van der Waals surface area contributed by atoms with E-state index in [9.17, 15) is 0 Å². The van der Waals surface area contributed by atoms with E-state index in [1.165, 1.54) is 0 Å². The minimum absolute atomic E-state index is 0.569. The molecule has 1 N–H and O–H groups in total. The van der Waals surface area contributed by atoms with Crippen molar-refractivity contribution in [3.8, 4) is 0 Å². The molecule has 10 heavy (non-hydrogen) atoms. The molecule has 0 saturated carbocycles. The fraction of sp³-hybridized carbons (Fsp3) is 0.714. The smallest absolute Gasteiger partial charge is 0.0231 e. The lowest BCUT2D eigenvalue weighted by molar-refractivity contribution is 0.375. The average molecular weight is 160 g/mol. The fourth-order valence-electron chi connectivity index (χ4n) is 0.388. The predicted molar refractivity (Wildman–Crippen MR) is 48.7 cm³/mol. The highest BCUT2D eigenvalue weighted by atomic mass is 32.2. The van der Waals surface area contributed by atoms with Crippen LogP contribution in [0.5, 0.6) is 0 Å². The molecule has 0 bridgehead atoms. The molecule has 0 fully saturated rings. The fourth-order valence-corrected chi connectivity index (χ4v) is 0.585. The van der Waals surface area contributed by atoms with Crippen LogP contribution in [0.15, 0.2) is 12.4 Å². The van der Waals surface area contributed by atoms with Crippen LogP contribution in [0, 0.1) is 0 Å². The van der Waals surface area contributed by atoms with Gasteiger partial charge in [0.05, 0.1) is 0 Å². The van der Waals surface area contributed by atoms with Crippen molar-refractivity contribution in [2.45, 2.75) is 19.9 Å². The second-order valence-electron chi connectivity index (χ2n) is 2.40. The zero-order chi connectivity index (χ0) is 7.98.